The molecule has 0 radical (unpaired) electrons. The molecule has 0 spiro atoms. The lowest BCUT2D eigenvalue weighted by atomic mass is 9.79. The second-order valence-electron chi connectivity index (χ2n) is 6.51. The summed E-state index contributed by atoms with van der Waals surface area (Å²) in [5.41, 5.74) is 2.42. The van der Waals surface area contributed by atoms with Crippen LogP contribution in [0.15, 0.2) is 64.7 Å². The van der Waals surface area contributed by atoms with Crippen LogP contribution < -0.4 is 5.32 Å². The number of hydrogen-bond donors (Lipinski definition) is 1. The zero-order valence-electron chi connectivity index (χ0n) is 13.7. The molecule has 2 atom stereocenters. The van der Waals surface area contributed by atoms with E-state index >= 15 is 0 Å². The van der Waals surface area contributed by atoms with Gasteiger partial charge < -0.3 is 9.73 Å². The molecule has 0 unspecified atom stereocenters. The van der Waals surface area contributed by atoms with E-state index in [-0.39, 0.29) is 17.7 Å². The van der Waals surface area contributed by atoms with E-state index in [1.54, 1.807) is 10.9 Å². The second-order valence-corrected chi connectivity index (χ2v) is 6.92. The van der Waals surface area contributed by atoms with Gasteiger partial charge in [0.1, 0.15) is 18.1 Å². The summed E-state index contributed by atoms with van der Waals surface area (Å²) in [7, 11) is 0. The summed E-state index contributed by atoms with van der Waals surface area (Å²) in [6.07, 6.45) is 4.21. The lowest BCUT2D eigenvalue weighted by Gasteiger charge is -2.34. The molecule has 2 aliphatic rings. The third-order valence-corrected chi connectivity index (χ3v) is 5.35. The molecule has 3 aromatic rings. The monoisotopic (exact) mass is 366 g/mol. The third kappa shape index (κ3) is 2.29. The molecule has 3 heterocycles. The van der Waals surface area contributed by atoms with Gasteiger partial charge >= 0.3 is 0 Å². The zero-order valence-corrected chi connectivity index (χ0v) is 14.5. The fourth-order valence-electron chi connectivity index (χ4n) is 3.86. The summed E-state index contributed by atoms with van der Waals surface area (Å²) in [4.78, 5) is 17.4. The number of carbonyl (C=O) groups excluding carboxylic acids is 1. The first-order chi connectivity index (χ1) is 12.7. The number of benzene rings is 1. The van der Waals surface area contributed by atoms with Gasteiger partial charge in [0.15, 0.2) is 5.78 Å². The summed E-state index contributed by atoms with van der Waals surface area (Å²) in [6.45, 7) is 0. The highest BCUT2D eigenvalue weighted by Gasteiger charge is 2.40. The van der Waals surface area contributed by atoms with Gasteiger partial charge in [-0.25, -0.2) is 4.68 Å². The number of ketones is 1. The van der Waals surface area contributed by atoms with Gasteiger partial charge in [-0.1, -0.05) is 29.8 Å². The van der Waals surface area contributed by atoms with E-state index in [1.807, 2.05) is 36.4 Å². The minimum atomic E-state index is -0.373. The van der Waals surface area contributed by atoms with E-state index in [1.165, 1.54) is 6.33 Å². The Labute approximate surface area is 154 Å². The smallest absolute Gasteiger partial charge is 0.226 e. The molecule has 0 saturated heterocycles. The van der Waals surface area contributed by atoms with Gasteiger partial charge in [-0.15, -0.1) is 0 Å². The average Bonchev–Trinajstić information content (AvgIpc) is 3.32. The average molecular weight is 367 g/mol. The van der Waals surface area contributed by atoms with E-state index in [9.17, 15) is 4.79 Å². The molecule has 0 bridgehead atoms. The van der Waals surface area contributed by atoms with Crippen LogP contribution in [0.3, 0.4) is 0 Å². The van der Waals surface area contributed by atoms with Crippen molar-refractivity contribution in [2.75, 3.05) is 5.32 Å². The molecular formula is C19H15ClN4O2. The number of carbonyl (C=O) groups is 1. The van der Waals surface area contributed by atoms with Crippen LogP contribution in [0.25, 0.3) is 0 Å². The normalized spacial score (nSPS) is 22.0. The number of hydrogen-bond acceptors (Lipinski definition) is 5. The third-order valence-electron chi connectivity index (χ3n) is 5.01. The first-order valence-electron chi connectivity index (χ1n) is 8.43. The van der Waals surface area contributed by atoms with Crippen LogP contribution in [-0.2, 0) is 4.79 Å². The molecule has 7 heteroatoms. The molecule has 2 aromatic heterocycles. The number of anilines is 1. The van der Waals surface area contributed by atoms with Crippen molar-refractivity contribution in [3.8, 4) is 0 Å². The number of Topliss-reactive ketones (excluding diaryl/α,β-unsaturated/α-hetero) is 1. The maximum absolute atomic E-state index is 13.1. The van der Waals surface area contributed by atoms with Gasteiger partial charge in [0.25, 0.3) is 0 Å². The SMILES string of the molecule is O=C1C[C@H](c2ccco2)CC2=C1[C@H](c1ccccc1Cl)n1ncnc1N2. The lowest BCUT2D eigenvalue weighted by Crippen LogP contribution is -2.33. The number of rotatable bonds is 2. The molecule has 1 aliphatic carbocycles. The number of aromatic nitrogens is 3. The van der Waals surface area contributed by atoms with E-state index in [0.717, 1.165) is 17.0 Å². The van der Waals surface area contributed by atoms with Crippen molar-refractivity contribution in [1.82, 2.24) is 14.8 Å². The highest BCUT2D eigenvalue weighted by molar-refractivity contribution is 6.31. The van der Waals surface area contributed by atoms with Crippen molar-refractivity contribution in [1.29, 1.82) is 0 Å². The van der Waals surface area contributed by atoms with Gasteiger partial charge in [-0.05, 0) is 24.6 Å². The van der Waals surface area contributed by atoms with Crippen LogP contribution in [0.5, 0.6) is 0 Å². The molecule has 0 fully saturated rings. The Morgan fingerprint density at radius 3 is 2.88 bits per heavy atom. The minimum Gasteiger partial charge on any atom is -0.469 e. The van der Waals surface area contributed by atoms with E-state index in [0.29, 0.717) is 29.4 Å². The predicted octanol–water partition coefficient (Wildman–Crippen LogP) is 3.94. The first kappa shape index (κ1) is 15.4. The van der Waals surface area contributed by atoms with Crippen molar-refractivity contribution >= 4 is 23.3 Å². The Hall–Kier alpha value is -2.86. The Morgan fingerprint density at radius 1 is 1.19 bits per heavy atom. The Bertz CT molecular complexity index is 1020. The van der Waals surface area contributed by atoms with Gasteiger partial charge in [0.2, 0.25) is 5.95 Å². The summed E-state index contributed by atoms with van der Waals surface area (Å²) < 4.78 is 7.26. The Morgan fingerprint density at radius 2 is 2.08 bits per heavy atom. The fraction of sp³-hybridized carbons (Fsp3) is 0.211. The van der Waals surface area contributed by atoms with Crippen LogP contribution in [0.1, 0.15) is 36.1 Å². The van der Waals surface area contributed by atoms with Crippen molar-refractivity contribution in [2.24, 2.45) is 0 Å². The van der Waals surface area contributed by atoms with Gasteiger partial charge in [0, 0.05) is 34.2 Å². The molecule has 6 nitrogen and oxygen atoms in total. The fourth-order valence-corrected chi connectivity index (χ4v) is 4.10. The summed E-state index contributed by atoms with van der Waals surface area (Å²) in [5.74, 6) is 1.53. The minimum absolute atomic E-state index is 0.0186. The molecule has 1 aromatic carbocycles. The predicted molar refractivity (Wildman–Crippen MR) is 96.0 cm³/mol. The number of fused-ring (bicyclic) bond motifs is 1. The summed E-state index contributed by atoms with van der Waals surface area (Å²) in [6, 6.07) is 10.9. The Balaban J connectivity index is 1.65. The molecular weight excluding hydrogens is 352 g/mol. The molecule has 5 rings (SSSR count). The number of halogens is 1. The van der Waals surface area contributed by atoms with Crippen LogP contribution in [0.4, 0.5) is 5.95 Å². The van der Waals surface area contributed by atoms with Crippen LogP contribution >= 0.6 is 11.6 Å². The Kier molecular flexibility index (Phi) is 3.46. The first-order valence-corrected chi connectivity index (χ1v) is 8.81. The number of allylic oxidation sites excluding steroid dienone is 2. The van der Waals surface area contributed by atoms with Crippen molar-refractivity contribution < 1.29 is 9.21 Å². The van der Waals surface area contributed by atoms with Crippen molar-refractivity contribution in [3.05, 3.63) is 76.6 Å². The van der Waals surface area contributed by atoms with Gasteiger partial charge in [-0.2, -0.15) is 10.1 Å². The number of nitrogens with zero attached hydrogens (tertiary/aromatic N) is 3. The summed E-state index contributed by atoms with van der Waals surface area (Å²) in [5, 5.41) is 8.22. The van der Waals surface area contributed by atoms with Crippen LogP contribution in [0.2, 0.25) is 5.02 Å². The summed E-state index contributed by atoms with van der Waals surface area (Å²) >= 11 is 6.45. The largest absolute Gasteiger partial charge is 0.469 e. The lowest BCUT2D eigenvalue weighted by molar-refractivity contribution is -0.117. The maximum atomic E-state index is 13.1. The molecule has 130 valence electrons. The van der Waals surface area contributed by atoms with Gasteiger partial charge in [0.05, 0.1) is 6.26 Å². The molecule has 0 amide bonds. The van der Waals surface area contributed by atoms with Gasteiger partial charge in [-0.3, -0.25) is 4.79 Å². The zero-order chi connectivity index (χ0) is 17.7. The van der Waals surface area contributed by atoms with E-state index < -0.39 is 0 Å². The van der Waals surface area contributed by atoms with Crippen LogP contribution in [-0.4, -0.2) is 20.5 Å². The molecule has 26 heavy (non-hydrogen) atoms. The highest BCUT2D eigenvalue weighted by Crippen LogP contribution is 2.44. The van der Waals surface area contributed by atoms with Crippen molar-refractivity contribution in [2.45, 2.75) is 24.8 Å². The standard InChI is InChI=1S/C19H15ClN4O2/c20-13-5-2-1-4-12(13)18-17-14(23-19-21-10-22-24(18)19)8-11(9-15(17)25)16-6-3-7-26-16/h1-7,10-11,18H,8-9H2,(H,21,22,23)/t11-,18+/m1/s1. The maximum Gasteiger partial charge on any atom is 0.226 e. The molecule has 1 N–H and O–H groups in total. The molecule has 1 aliphatic heterocycles. The van der Waals surface area contributed by atoms with E-state index in [2.05, 4.69) is 15.4 Å². The quantitative estimate of drug-likeness (QED) is 0.743. The topological polar surface area (TPSA) is 73.0 Å². The molecule has 0 saturated carbocycles. The van der Waals surface area contributed by atoms with E-state index in [4.69, 9.17) is 16.0 Å². The number of nitrogens with one attached hydrogen (secondary N) is 1. The van der Waals surface area contributed by atoms with Crippen LogP contribution in [0, 0.1) is 0 Å². The second kappa shape index (κ2) is 5.85. The van der Waals surface area contributed by atoms with Crippen molar-refractivity contribution in [3.63, 3.8) is 0 Å². The number of furan rings is 1. The highest BCUT2D eigenvalue weighted by atomic mass is 35.5.